The molecule has 88 heavy (non-hydrogen) atoms. The topological polar surface area (TPSA) is 323 Å². The monoisotopic (exact) mass is 1210 g/mol. The van der Waals surface area contributed by atoms with E-state index in [1.54, 1.807) is 104 Å². The van der Waals surface area contributed by atoms with Gasteiger partial charge in [-0.1, -0.05) is 187 Å². The summed E-state index contributed by atoms with van der Waals surface area (Å²) in [5.41, 5.74) is 2.46. The van der Waals surface area contributed by atoms with Gasteiger partial charge < -0.3 is 57.1 Å². The lowest BCUT2D eigenvalue weighted by atomic mass is 9.83. The Hall–Kier alpha value is -8.66. The number of ether oxygens (including phenoxy) is 2. The number of amides is 8. The van der Waals surface area contributed by atoms with Gasteiger partial charge in [0.05, 0.1) is 12.1 Å². The molecule has 0 bridgehead atoms. The van der Waals surface area contributed by atoms with E-state index in [0.717, 1.165) is 75.3 Å². The maximum Gasteiger partial charge on any atom is 0.325 e. The van der Waals surface area contributed by atoms with Crippen molar-refractivity contribution >= 4 is 80.5 Å². The maximum atomic E-state index is 13.6. The lowest BCUT2D eigenvalue weighted by molar-refractivity contribution is -0.147. The summed E-state index contributed by atoms with van der Waals surface area (Å²) in [6, 6.07) is 28.5. The van der Waals surface area contributed by atoms with Crippen LogP contribution in [0.2, 0.25) is 0 Å². The Kier molecular flexibility index (Phi) is 30.1. The molecule has 9 N–H and O–H groups in total. The average molecular weight is 1210 g/mol. The lowest BCUT2D eigenvalue weighted by Gasteiger charge is -2.32. The Morgan fingerprint density at radius 1 is 0.466 bits per heavy atom. The Labute approximate surface area is 516 Å². The number of carbonyl (C=O) groups excluding carboxylic acids is 11. The van der Waals surface area contributed by atoms with E-state index in [2.05, 4.69) is 42.5 Å². The second-order valence-electron chi connectivity index (χ2n) is 21.7. The first-order chi connectivity index (χ1) is 42.4. The van der Waals surface area contributed by atoms with Gasteiger partial charge in [-0.05, 0) is 72.6 Å². The highest BCUT2D eigenvalue weighted by atomic mass is 16.5. The zero-order valence-corrected chi connectivity index (χ0v) is 49.9. The third-order valence-electron chi connectivity index (χ3n) is 15.1. The van der Waals surface area contributed by atoms with Crippen LogP contribution in [0.3, 0.4) is 0 Å². The molecule has 466 valence electrons. The summed E-state index contributed by atoms with van der Waals surface area (Å²) in [6.07, 6.45) is 8.32. The molecule has 8 amide bonds. The molecule has 24 heteroatoms. The molecule has 0 heterocycles. The number of aliphatic hydroxyl groups is 1. The van der Waals surface area contributed by atoms with Crippen molar-refractivity contribution in [1.29, 1.82) is 0 Å². The fourth-order valence-corrected chi connectivity index (χ4v) is 10.5. The zero-order chi connectivity index (χ0) is 63.8. The Balaban J connectivity index is 0.000000321. The predicted molar refractivity (Wildman–Crippen MR) is 327 cm³/mol. The van der Waals surface area contributed by atoms with Gasteiger partial charge in [0.25, 0.3) is 11.8 Å². The normalized spacial score (nSPS) is 15.5. The predicted octanol–water partition coefficient (Wildman–Crippen LogP) is 4.56. The van der Waals surface area contributed by atoms with Crippen molar-refractivity contribution in [2.75, 3.05) is 13.1 Å². The molecule has 4 radical (unpaired) electrons. The van der Waals surface area contributed by atoms with Gasteiger partial charge in [0.15, 0.2) is 17.7 Å². The van der Waals surface area contributed by atoms with E-state index >= 15 is 0 Å². The number of hydrogen-bond donors (Lipinski definition) is 9. The molecule has 4 aromatic rings. The summed E-state index contributed by atoms with van der Waals surface area (Å²) in [7, 11) is 10.8. The van der Waals surface area contributed by atoms with Gasteiger partial charge >= 0.3 is 11.9 Å². The van der Waals surface area contributed by atoms with Crippen LogP contribution in [-0.4, -0.2) is 129 Å². The Morgan fingerprint density at radius 3 is 1.25 bits per heavy atom. The summed E-state index contributed by atoms with van der Waals surface area (Å²) < 4.78 is 10.3. The van der Waals surface area contributed by atoms with E-state index in [9.17, 15) is 57.8 Å². The van der Waals surface area contributed by atoms with Crippen molar-refractivity contribution in [1.82, 2.24) is 42.5 Å². The van der Waals surface area contributed by atoms with Crippen molar-refractivity contribution < 1.29 is 67.3 Å². The molecule has 4 aromatic carbocycles. The largest absolute Gasteiger partial charge is 0.460 e. The quantitative estimate of drug-likeness (QED) is 0.0196. The van der Waals surface area contributed by atoms with Crippen molar-refractivity contribution in [3.63, 3.8) is 0 Å². The third kappa shape index (κ3) is 23.9. The summed E-state index contributed by atoms with van der Waals surface area (Å²) in [5.74, 6) is -8.73. The molecule has 2 fully saturated rings. The highest BCUT2D eigenvalue weighted by Crippen LogP contribution is 2.29. The number of Topliss-reactive ketones (excluding diaryl/α,β-unsaturated/α-hetero) is 1. The number of ketones is 1. The van der Waals surface area contributed by atoms with Crippen LogP contribution in [0.25, 0.3) is 0 Å². The van der Waals surface area contributed by atoms with Crippen LogP contribution < -0.4 is 42.5 Å². The van der Waals surface area contributed by atoms with E-state index in [4.69, 9.17) is 25.2 Å². The molecule has 0 aromatic heterocycles. The fraction of sp³-hybridized carbons (Fsp3) is 0.453. The minimum Gasteiger partial charge on any atom is -0.460 e. The first-order valence-corrected chi connectivity index (χ1v) is 30.0. The van der Waals surface area contributed by atoms with Crippen LogP contribution in [0.4, 0.5) is 9.59 Å². The molecule has 6 rings (SSSR count). The molecule has 22 nitrogen and oxygen atoms in total. The first-order valence-electron chi connectivity index (χ1n) is 30.0. The Morgan fingerprint density at radius 2 is 0.852 bits per heavy atom. The minimum atomic E-state index is -1.68. The number of aliphatic hydroxyl groups excluding tert-OH is 1. The second-order valence-corrected chi connectivity index (χ2v) is 21.7. The summed E-state index contributed by atoms with van der Waals surface area (Å²) >= 11 is 0. The number of esters is 2. The minimum absolute atomic E-state index is 0.0150. The van der Waals surface area contributed by atoms with Crippen LogP contribution >= 0.6 is 0 Å². The lowest BCUT2D eigenvalue weighted by Crippen LogP contribution is -2.56. The van der Waals surface area contributed by atoms with Crippen molar-refractivity contribution in [3.05, 3.63) is 144 Å². The third-order valence-corrected chi connectivity index (χ3v) is 15.1. The first kappa shape index (κ1) is 70.1. The van der Waals surface area contributed by atoms with Crippen LogP contribution in [0.1, 0.15) is 138 Å². The van der Waals surface area contributed by atoms with E-state index in [-0.39, 0.29) is 37.9 Å². The van der Waals surface area contributed by atoms with Crippen molar-refractivity contribution in [2.24, 2.45) is 11.8 Å². The standard InChI is InChI=1S/C32H41BN4O7.C32H39BN4O7/c2*1-2-12-24(28(39)31(42)34-19-25(38)44-20-21-13-6-3-7-14-21)35-29(40)26(22-15-8-4-9-16-22)36-30(41)27(37-32(33)43)23-17-10-5-11-18-23/h3-4,6-9,13-16,23-24,26-28,39H,2,5,10-12,17-20H2,1H3,(H,34,42)(H,35,40)(H,36,41)(H,37,43);3-4,6-9,13-16,23-24,26-27H,2,5,10-12,17-20H2,1H3,(H,34,42)(H,35,40)(H,36,41)(H,37,43)/t24?,26-,27-,28?;24?,26-,27-/m00/s1. The van der Waals surface area contributed by atoms with Gasteiger partial charge in [-0.25, -0.2) is 0 Å². The highest BCUT2D eigenvalue weighted by molar-refractivity contribution is 6.57. The SMILES string of the molecule is [B]C(=O)N[C@H](C(=O)N[C@H](C(=O)NC(CCC)C(=O)C(=O)NCC(=O)OCc1ccccc1)c1ccccc1)C1CCCCC1.[B]C(=O)N[C@H](C(=O)N[C@H](C(=O)NC(CCC)C(O)C(=O)NCC(=O)OCc1ccccc1)c1ccccc1)C1CCCCC1. The zero-order valence-electron chi connectivity index (χ0n) is 49.9. The number of benzene rings is 4. The van der Waals surface area contributed by atoms with Gasteiger partial charge in [0, 0.05) is 0 Å². The number of rotatable bonds is 30. The van der Waals surface area contributed by atoms with Crippen LogP contribution in [-0.2, 0) is 65.8 Å². The molecule has 2 aliphatic carbocycles. The summed E-state index contributed by atoms with van der Waals surface area (Å²) in [6.45, 7) is 2.67. The van der Waals surface area contributed by atoms with Gasteiger partial charge in [0.2, 0.25) is 45.1 Å². The van der Waals surface area contributed by atoms with Gasteiger partial charge in [-0.2, -0.15) is 0 Å². The molecule has 2 saturated carbocycles. The molecule has 2 aliphatic rings. The van der Waals surface area contributed by atoms with E-state index in [0.29, 0.717) is 24.0 Å². The van der Waals surface area contributed by atoms with Crippen molar-refractivity contribution in [2.45, 2.75) is 159 Å². The van der Waals surface area contributed by atoms with E-state index in [1.165, 1.54) is 0 Å². The molecular weight excluding hydrogens is 1130 g/mol. The number of carbonyl (C=O) groups is 11. The molecule has 0 saturated heterocycles. The molecule has 0 spiro atoms. The number of nitrogens with one attached hydrogen (secondary N) is 8. The molecular formula is C64H80B2N8O14. The number of hydrogen-bond acceptors (Lipinski definition) is 14. The van der Waals surface area contributed by atoms with Crippen LogP contribution in [0.5, 0.6) is 0 Å². The average Bonchev–Trinajstić information content (AvgIpc) is 3.69. The molecule has 3 unspecified atom stereocenters. The van der Waals surface area contributed by atoms with E-state index < -0.39 is 120 Å². The fourth-order valence-electron chi connectivity index (χ4n) is 10.5. The summed E-state index contributed by atoms with van der Waals surface area (Å²) in [4.78, 5) is 140. The van der Waals surface area contributed by atoms with Crippen molar-refractivity contribution in [3.8, 4) is 0 Å². The van der Waals surface area contributed by atoms with Crippen LogP contribution in [0, 0.1) is 11.8 Å². The van der Waals surface area contributed by atoms with E-state index in [1.807, 2.05) is 31.2 Å². The van der Waals surface area contributed by atoms with Gasteiger partial charge in [-0.3, -0.25) is 52.7 Å². The van der Waals surface area contributed by atoms with Gasteiger partial charge in [0.1, 0.15) is 50.5 Å². The smallest absolute Gasteiger partial charge is 0.325 e. The Bertz CT molecular complexity index is 2920. The van der Waals surface area contributed by atoms with Gasteiger partial charge in [-0.15, -0.1) is 0 Å². The van der Waals surface area contributed by atoms with Crippen LogP contribution in [0.15, 0.2) is 121 Å². The second kappa shape index (κ2) is 37.8. The maximum absolute atomic E-state index is 13.6. The highest BCUT2D eigenvalue weighted by Gasteiger charge is 2.37. The molecule has 7 atom stereocenters. The summed E-state index contributed by atoms with van der Waals surface area (Å²) in [5, 5.41) is 31.3. The molecule has 0 aliphatic heterocycles.